The van der Waals surface area contributed by atoms with E-state index < -0.39 is 23.7 Å². The van der Waals surface area contributed by atoms with Gasteiger partial charge in [0.1, 0.15) is 29.7 Å². The summed E-state index contributed by atoms with van der Waals surface area (Å²) in [5.41, 5.74) is 2.17. The zero-order valence-corrected chi connectivity index (χ0v) is 21.2. The Labute approximate surface area is 220 Å². The van der Waals surface area contributed by atoms with Crippen LogP contribution in [0.2, 0.25) is 0 Å². The zero-order chi connectivity index (χ0) is 26.5. The highest BCUT2D eigenvalue weighted by atomic mass is 19.1. The lowest BCUT2D eigenvalue weighted by molar-refractivity contribution is -0.142. The minimum absolute atomic E-state index is 0.000698. The van der Waals surface area contributed by atoms with E-state index in [1.54, 1.807) is 31.4 Å². The van der Waals surface area contributed by atoms with Crippen LogP contribution in [0.5, 0.6) is 5.75 Å². The Morgan fingerprint density at radius 2 is 1.76 bits per heavy atom. The average Bonchev–Trinajstić information content (AvgIpc) is 3.59. The number of nitrogens with zero attached hydrogens (tertiary/aromatic N) is 4. The molecule has 1 aromatic heterocycles. The van der Waals surface area contributed by atoms with Crippen LogP contribution in [0.15, 0.2) is 72.8 Å². The molecule has 1 N–H and O–H groups in total. The number of hydrogen-bond donors (Lipinski definition) is 1. The molecule has 0 aliphatic heterocycles. The second kappa shape index (κ2) is 11.4. The van der Waals surface area contributed by atoms with E-state index in [2.05, 4.69) is 15.6 Å². The number of fused-ring (bicyclic) bond motifs is 1. The van der Waals surface area contributed by atoms with Crippen molar-refractivity contribution in [2.45, 2.75) is 50.9 Å². The SMILES string of the molecule is COc1ccccc1CN(C(=O)Cn1nnc2ccccc21)[C@H](C(=O)NC1CCCC1)c1ccccc1F. The van der Waals surface area contributed by atoms with Gasteiger partial charge in [0.2, 0.25) is 11.8 Å². The monoisotopic (exact) mass is 515 g/mol. The standard InChI is InChI=1S/C29H30FN5O3/c1-38-26-17-9-2-10-20(26)18-34(27(36)19-35-25-16-8-7-15-24(25)32-33-35)28(22-13-5-6-14-23(22)30)29(37)31-21-11-3-4-12-21/h2,5-10,13-17,21,28H,3-4,11-12,18-19H2,1H3,(H,31,37)/t28-/m0/s1. The number of aromatic nitrogens is 3. The fourth-order valence-electron chi connectivity index (χ4n) is 5.09. The number of amides is 2. The maximum atomic E-state index is 15.2. The van der Waals surface area contributed by atoms with Crippen LogP contribution in [0.4, 0.5) is 4.39 Å². The van der Waals surface area contributed by atoms with Crippen LogP contribution in [-0.2, 0) is 22.7 Å². The Kier molecular flexibility index (Phi) is 7.62. The smallest absolute Gasteiger partial charge is 0.247 e. The fourth-order valence-corrected chi connectivity index (χ4v) is 5.09. The highest BCUT2D eigenvalue weighted by Crippen LogP contribution is 2.30. The normalized spacial score (nSPS) is 14.4. The predicted octanol–water partition coefficient (Wildman–Crippen LogP) is 4.41. The summed E-state index contributed by atoms with van der Waals surface area (Å²) in [6.07, 6.45) is 3.78. The Morgan fingerprint density at radius 3 is 2.55 bits per heavy atom. The lowest BCUT2D eigenvalue weighted by atomic mass is 10.0. The van der Waals surface area contributed by atoms with Gasteiger partial charge in [0.15, 0.2) is 0 Å². The molecule has 1 fully saturated rings. The van der Waals surface area contributed by atoms with Crippen LogP contribution in [0.25, 0.3) is 11.0 Å². The van der Waals surface area contributed by atoms with Crippen LogP contribution < -0.4 is 10.1 Å². The Hall–Kier alpha value is -4.27. The van der Waals surface area contributed by atoms with E-state index in [1.807, 2.05) is 42.5 Å². The van der Waals surface area contributed by atoms with Crippen LogP contribution in [0.1, 0.15) is 42.9 Å². The van der Waals surface area contributed by atoms with E-state index in [0.717, 1.165) is 25.7 Å². The maximum absolute atomic E-state index is 15.2. The van der Waals surface area contributed by atoms with Crippen molar-refractivity contribution < 1.29 is 18.7 Å². The number of ether oxygens (including phenoxy) is 1. The number of benzene rings is 3. The molecule has 2 amide bonds. The minimum Gasteiger partial charge on any atom is -0.496 e. The molecule has 0 radical (unpaired) electrons. The topological polar surface area (TPSA) is 89.3 Å². The highest BCUT2D eigenvalue weighted by Gasteiger charge is 2.35. The Balaban J connectivity index is 1.56. The number of methoxy groups -OCH3 is 1. The van der Waals surface area contributed by atoms with E-state index in [-0.39, 0.29) is 24.7 Å². The minimum atomic E-state index is -1.19. The molecule has 4 aromatic rings. The van der Waals surface area contributed by atoms with E-state index in [4.69, 9.17) is 4.74 Å². The van der Waals surface area contributed by atoms with Crippen molar-refractivity contribution in [3.05, 3.63) is 89.7 Å². The summed E-state index contributed by atoms with van der Waals surface area (Å²) in [5, 5.41) is 11.4. The third-order valence-corrected chi connectivity index (χ3v) is 7.02. The average molecular weight is 516 g/mol. The van der Waals surface area contributed by atoms with Gasteiger partial charge in [-0.05, 0) is 37.1 Å². The highest BCUT2D eigenvalue weighted by molar-refractivity contribution is 5.89. The molecule has 9 heteroatoms. The summed E-state index contributed by atoms with van der Waals surface area (Å²) in [5.74, 6) is -0.793. The lowest BCUT2D eigenvalue weighted by Crippen LogP contribution is -2.47. The van der Waals surface area contributed by atoms with Gasteiger partial charge in [-0.3, -0.25) is 9.59 Å². The van der Waals surface area contributed by atoms with E-state index in [0.29, 0.717) is 22.3 Å². The molecule has 3 aromatic carbocycles. The van der Waals surface area contributed by atoms with Gasteiger partial charge in [-0.1, -0.05) is 66.6 Å². The van der Waals surface area contributed by atoms with Crippen molar-refractivity contribution in [1.82, 2.24) is 25.2 Å². The third-order valence-electron chi connectivity index (χ3n) is 7.02. The largest absolute Gasteiger partial charge is 0.496 e. The molecule has 0 bridgehead atoms. The summed E-state index contributed by atoms with van der Waals surface area (Å²) in [6, 6.07) is 19.5. The number of carbonyl (C=O) groups excluding carboxylic acids is 2. The lowest BCUT2D eigenvalue weighted by Gasteiger charge is -2.33. The molecule has 5 rings (SSSR count). The molecule has 196 valence electrons. The van der Waals surface area contributed by atoms with Crippen LogP contribution >= 0.6 is 0 Å². The van der Waals surface area contributed by atoms with Crippen LogP contribution in [0, 0.1) is 5.82 Å². The van der Waals surface area contributed by atoms with Crippen molar-refractivity contribution in [1.29, 1.82) is 0 Å². The number of rotatable bonds is 9. The molecule has 1 atom stereocenters. The van der Waals surface area contributed by atoms with Crippen molar-refractivity contribution in [3.8, 4) is 5.75 Å². The molecule has 8 nitrogen and oxygen atoms in total. The van der Waals surface area contributed by atoms with Crippen LogP contribution in [0.3, 0.4) is 0 Å². The van der Waals surface area contributed by atoms with Crippen molar-refractivity contribution in [2.75, 3.05) is 7.11 Å². The number of carbonyl (C=O) groups is 2. The third kappa shape index (κ3) is 5.37. The molecular formula is C29H30FN5O3. The molecule has 1 heterocycles. The molecule has 38 heavy (non-hydrogen) atoms. The van der Waals surface area contributed by atoms with Gasteiger partial charge >= 0.3 is 0 Å². The van der Waals surface area contributed by atoms with Crippen molar-refractivity contribution >= 4 is 22.8 Å². The Morgan fingerprint density at radius 1 is 1.05 bits per heavy atom. The number of nitrogens with one attached hydrogen (secondary N) is 1. The summed E-state index contributed by atoms with van der Waals surface area (Å²) < 4.78 is 22.3. The second-order valence-electron chi connectivity index (χ2n) is 9.48. The predicted molar refractivity (Wildman–Crippen MR) is 141 cm³/mol. The van der Waals surface area contributed by atoms with E-state index in [9.17, 15) is 9.59 Å². The maximum Gasteiger partial charge on any atom is 0.247 e. The number of para-hydroxylation sites is 2. The second-order valence-corrected chi connectivity index (χ2v) is 9.48. The van der Waals surface area contributed by atoms with Gasteiger partial charge in [-0.15, -0.1) is 5.10 Å². The Bertz CT molecular complexity index is 1430. The number of halogens is 1. The van der Waals surface area contributed by atoms with Gasteiger partial charge in [0.25, 0.3) is 0 Å². The molecule has 1 aliphatic carbocycles. The fraction of sp³-hybridized carbons (Fsp3) is 0.310. The van der Waals surface area contributed by atoms with Gasteiger partial charge in [0.05, 0.1) is 19.2 Å². The number of hydrogen-bond acceptors (Lipinski definition) is 5. The van der Waals surface area contributed by atoms with Gasteiger partial charge in [-0.25, -0.2) is 9.07 Å². The van der Waals surface area contributed by atoms with Gasteiger partial charge < -0.3 is 15.0 Å². The first kappa shape index (κ1) is 25.4. The quantitative estimate of drug-likeness (QED) is 0.357. The first-order valence-electron chi connectivity index (χ1n) is 12.8. The van der Waals surface area contributed by atoms with E-state index >= 15 is 4.39 Å². The van der Waals surface area contributed by atoms with Crippen molar-refractivity contribution in [3.63, 3.8) is 0 Å². The zero-order valence-electron chi connectivity index (χ0n) is 21.2. The van der Waals surface area contributed by atoms with E-state index in [1.165, 1.54) is 15.6 Å². The summed E-state index contributed by atoms with van der Waals surface area (Å²) in [6.45, 7) is -0.135. The molecule has 1 aliphatic rings. The summed E-state index contributed by atoms with van der Waals surface area (Å²) in [4.78, 5) is 29.3. The first-order valence-corrected chi connectivity index (χ1v) is 12.8. The van der Waals surface area contributed by atoms with Gasteiger partial charge in [0, 0.05) is 17.2 Å². The summed E-state index contributed by atoms with van der Waals surface area (Å²) >= 11 is 0. The molecule has 0 saturated heterocycles. The van der Waals surface area contributed by atoms with Gasteiger partial charge in [-0.2, -0.15) is 0 Å². The molecular weight excluding hydrogens is 485 g/mol. The summed E-state index contributed by atoms with van der Waals surface area (Å²) in [7, 11) is 1.55. The van der Waals surface area contributed by atoms with Crippen molar-refractivity contribution in [2.24, 2.45) is 0 Å². The molecule has 0 spiro atoms. The molecule has 0 unspecified atom stereocenters. The van der Waals surface area contributed by atoms with Crippen LogP contribution in [-0.4, -0.2) is 44.9 Å². The first-order chi connectivity index (χ1) is 18.5. The molecule has 1 saturated carbocycles.